The van der Waals surface area contributed by atoms with E-state index in [9.17, 15) is 14.4 Å². The minimum absolute atomic E-state index is 0.202. The van der Waals surface area contributed by atoms with Crippen LogP contribution < -0.4 is 27.0 Å². The molecule has 11 nitrogen and oxygen atoms in total. The number of piperidine rings is 2. The first-order valence-corrected chi connectivity index (χ1v) is 17.1. The molecule has 1 aliphatic carbocycles. The fraction of sp³-hybridized carbons (Fsp3) is 0.571. The number of carbonyl (C=O) groups excluding carboxylic acids is 3. The Morgan fingerprint density at radius 3 is 2.39 bits per heavy atom. The number of benzene rings is 1. The topological polar surface area (TPSA) is 142 Å². The lowest BCUT2D eigenvalue weighted by Gasteiger charge is -2.42. The zero-order chi connectivity index (χ0) is 32.5. The number of anilines is 1. The van der Waals surface area contributed by atoms with E-state index in [1.54, 1.807) is 24.1 Å². The molecule has 1 saturated carbocycles. The molecule has 0 atom stereocenters. The Balaban J connectivity index is 1.09. The lowest BCUT2D eigenvalue weighted by atomic mass is 9.93. The molecule has 0 unspecified atom stereocenters. The number of nitrogens with two attached hydrogens (primary N) is 2. The van der Waals surface area contributed by atoms with Crippen LogP contribution in [0.4, 0.5) is 10.5 Å². The number of rotatable bonds is 11. The number of carbonyl (C=O) groups is 3. The molecule has 5 rings (SSSR count). The number of nitrogens with zero attached hydrogens (tertiary/aromatic N) is 4. The van der Waals surface area contributed by atoms with Crippen molar-refractivity contribution in [1.82, 2.24) is 25.0 Å². The maximum Gasteiger partial charge on any atom is 0.321 e. The van der Waals surface area contributed by atoms with Crippen LogP contribution >= 0.6 is 0 Å². The SMILES string of the molecule is CNC(=O)N(CCC=O)c1cccc2c1ccn2CC1CCN(C2CCN(/C(N)=C/C=C(\N)C(=O)NC3CCCCC3)CC2)CC1. The van der Waals surface area contributed by atoms with Crippen molar-refractivity contribution in [3.05, 3.63) is 54.1 Å². The highest BCUT2D eigenvalue weighted by Crippen LogP contribution is 2.31. The smallest absolute Gasteiger partial charge is 0.321 e. The first-order chi connectivity index (χ1) is 22.4. The first kappa shape index (κ1) is 33.4. The molecule has 6 N–H and O–H groups in total. The van der Waals surface area contributed by atoms with E-state index in [0.717, 1.165) is 107 Å². The highest BCUT2D eigenvalue weighted by molar-refractivity contribution is 6.02. The van der Waals surface area contributed by atoms with Gasteiger partial charge in [-0.05, 0) is 87.9 Å². The number of amides is 3. The fourth-order valence-electron chi connectivity index (χ4n) is 7.39. The van der Waals surface area contributed by atoms with Crippen molar-refractivity contribution in [3.63, 3.8) is 0 Å². The minimum Gasteiger partial charge on any atom is -0.394 e. The van der Waals surface area contributed by atoms with Crippen molar-refractivity contribution >= 4 is 34.8 Å². The van der Waals surface area contributed by atoms with E-state index in [-0.39, 0.29) is 23.7 Å². The lowest BCUT2D eigenvalue weighted by molar-refractivity contribution is -0.118. The Hall–Kier alpha value is -3.99. The maximum absolute atomic E-state index is 12.6. The van der Waals surface area contributed by atoms with Crippen LogP contribution in [0.25, 0.3) is 10.9 Å². The summed E-state index contributed by atoms with van der Waals surface area (Å²) in [4.78, 5) is 42.6. The molecular weight excluding hydrogens is 580 g/mol. The number of nitrogens with one attached hydrogen (secondary N) is 2. The molecule has 2 aliphatic heterocycles. The molecule has 3 heterocycles. The van der Waals surface area contributed by atoms with Gasteiger partial charge in [-0.15, -0.1) is 0 Å². The minimum atomic E-state index is -0.213. The van der Waals surface area contributed by atoms with E-state index in [0.29, 0.717) is 30.7 Å². The van der Waals surface area contributed by atoms with Crippen LogP contribution in [0.1, 0.15) is 64.2 Å². The summed E-state index contributed by atoms with van der Waals surface area (Å²) < 4.78 is 2.31. The summed E-state index contributed by atoms with van der Waals surface area (Å²) in [5.41, 5.74) is 14.6. The average Bonchev–Trinajstić information content (AvgIpc) is 3.51. The van der Waals surface area contributed by atoms with E-state index in [1.165, 1.54) is 6.42 Å². The standard InChI is InChI=1S/C35H52N8O3/c1-38-35(46)43(18-6-24-44)32-10-5-9-31-29(32)17-23-42(31)25-26-13-19-40(20-14-26)28-15-21-41(22-16-28)33(37)12-11-30(36)34(45)39-27-7-3-2-4-8-27/h5,9-12,17,23-24,26-28H,2-4,6-8,13-16,18-22,25,36-37H2,1H3,(H,38,46)(H,39,45)/b30-11-,33-12+. The van der Waals surface area contributed by atoms with Gasteiger partial charge in [-0.3, -0.25) is 9.69 Å². The summed E-state index contributed by atoms with van der Waals surface area (Å²) >= 11 is 0. The maximum atomic E-state index is 12.6. The number of aromatic nitrogens is 1. The number of hydrogen-bond donors (Lipinski definition) is 4. The summed E-state index contributed by atoms with van der Waals surface area (Å²) in [5, 5.41) is 6.78. The molecule has 3 fully saturated rings. The number of fused-ring (bicyclic) bond motifs is 1. The van der Waals surface area contributed by atoms with Crippen LogP contribution in [0.3, 0.4) is 0 Å². The van der Waals surface area contributed by atoms with Crippen LogP contribution in [0.5, 0.6) is 0 Å². The summed E-state index contributed by atoms with van der Waals surface area (Å²) in [7, 11) is 1.61. The second-order valence-electron chi connectivity index (χ2n) is 13.1. The monoisotopic (exact) mass is 632 g/mol. The van der Waals surface area contributed by atoms with Gasteiger partial charge in [0.25, 0.3) is 5.91 Å². The zero-order valence-corrected chi connectivity index (χ0v) is 27.3. The largest absolute Gasteiger partial charge is 0.394 e. The molecule has 3 aliphatic rings. The van der Waals surface area contributed by atoms with Gasteiger partial charge in [0.05, 0.1) is 22.7 Å². The Morgan fingerprint density at radius 1 is 0.957 bits per heavy atom. The highest BCUT2D eigenvalue weighted by Gasteiger charge is 2.29. The predicted molar refractivity (Wildman–Crippen MR) is 183 cm³/mol. The van der Waals surface area contributed by atoms with Gasteiger partial charge in [0.1, 0.15) is 6.29 Å². The van der Waals surface area contributed by atoms with E-state index >= 15 is 0 Å². The van der Waals surface area contributed by atoms with Gasteiger partial charge in [0.2, 0.25) is 0 Å². The number of likely N-dealkylation sites (tertiary alicyclic amines) is 2. The molecule has 3 amide bonds. The van der Waals surface area contributed by atoms with Crippen LogP contribution in [0, 0.1) is 5.92 Å². The van der Waals surface area contributed by atoms with Gasteiger partial charge in [0.15, 0.2) is 0 Å². The van der Waals surface area contributed by atoms with E-state index < -0.39 is 0 Å². The van der Waals surface area contributed by atoms with Crippen LogP contribution in [-0.2, 0) is 16.1 Å². The van der Waals surface area contributed by atoms with Crippen LogP contribution in [0.15, 0.2) is 54.1 Å². The van der Waals surface area contributed by atoms with Crippen molar-refractivity contribution in [3.8, 4) is 0 Å². The second-order valence-corrected chi connectivity index (χ2v) is 13.1. The normalized spacial score (nSPS) is 19.7. The van der Waals surface area contributed by atoms with Gasteiger partial charge in [-0.1, -0.05) is 25.3 Å². The highest BCUT2D eigenvalue weighted by atomic mass is 16.2. The van der Waals surface area contributed by atoms with Crippen molar-refractivity contribution in [2.24, 2.45) is 17.4 Å². The van der Waals surface area contributed by atoms with Crippen LogP contribution in [0.2, 0.25) is 0 Å². The second kappa shape index (κ2) is 16.0. The molecule has 2 saturated heterocycles. The third-order valence-electron chi connectivity index (χ3n) is 10.1. The molecule has 0 radical (unpaired) electrons. The summed E-state index contributed by atoms with van der Waals surface area (Å²) in [6, 6.07) is 8.71. The summed E-state index contributed by atoms with van der Waals surface area (Å²) in [6.45, 7) is 5.27. The van der Waals surface area contributed by atoms with Gasteiger partial charge in [-0.2, -0.15) is 0 Å². The van der Waals surface area contributed by atoms with Crippen molar-refractivity contribution < 1.29 is 14.4 Å². The third-order valence-corrected chi connectivity index (χ3v) is 10.1. The van der Waals surface area contributed by atoms with Gasteiger partial charge < -0.3 is 41.3 Å². The zero-order valence-electron chi connectivity index (χ0n) is 27.3. The Kier molecular flexibility index (Phi) is 11.6. The van der Waals surface area contributed by atoms with Crippen molar-refractivity contribution in [1.29, 1.82) is 0 Å². The summed E-state index contributed by atoms with van der Waals surface area (Å²) in [5.74, 6) is 1.05. The Bertz CT molecular complexity index is 1400. The fourth-order valence-corrected chi connectivity index (χ4v) is 7.39. The number of hydrogen-bond acceptors (Lipinski definition) is 7. The Morgan fingerprint density at radius 2 is 1.70 bits per heavy atom. The molecule has 11 heteroatoms. The third kappa shape index (κ3) is 8.23. The molecule has 1 aromatic heterocycles. The van der Waals surface area contributed by atoms with Crippen LogP contribution in [-0.4, -0.2) is 84.4 Å². The van der Waals surface area contributed by atoms with E-state index in [2.05, 4.69) is 43.3 Å². The number of aldehydes is 1. The van der Waals surface area contributed by atoms with Crippen molar-refractivity contribution in [2.75, 3.05) is 44.7 Å². The number of urea groups is 1. The molecule has 46 heavy (non-hydrogen) atoms. The molecule has 2 aromatic rings. The van der Waals surface area contributed by atoms with Gasteiger partial charge in [-0.25, -0.2) is 4.79 Å². The summed E-state index contributed by atoms with van der Waals surface area (Å²) in [6.07, 6.45) is 16.7. The van der Waals surface area contributed by atoms with Gasteiger partial charge in [0, 0.05) is 63.3 Å². The molecule has 1 aromatic carbocycles. The van der Waals surface area contributed by atoms with Crippen molar-refractivity contribution in [2.45, 2.75) is 82.8 Å². The Labute approximate surface area is 273 Å². The molecule has 250 valence electrons. The molecule has 0 bridgehead atoms. The van der Waals surface area contributed by atoms with Gasteiger partial charge >= 0.3 is 6.03 Å². The molecular formula is C35H52N8O3. The lowest BCUT2D eigenvalue weighted by Crippen LogP contribution is -2.48. The first-order valence-electron chi connectivity index (χ1n) is 17.1. The quantitative estimate of drug-likeness (QED) is 0.168. The predicted octanol–water partition coefficient (Wildman–Crippen LogP) is 3.64. The average molecular weight is 633 g/mol. The number of allylic oxidation sites excluding steroid dienone is 2. The van der Waals surface area contributed by atoms with E-state index in [4.69, 9.17) is 11.5 Å². The molecule has 0 spiro atoms. The van der Waals surface area contributed by atoms with E-state index in [1.807, 2.05) is 12.1 Å².